The lowest BCUT2D eigenvalue weighted by atomic mass is 10.1. The fourth-order valence-corrected chi connectivity index (χ4v) is 3.25. The minimum Gasteiger partial charge on any atom is -0.336 e. The van der Waals surface area contributed by atoms with Crippen LogP contribution in [-0.2, 0) is 6.54 Å². The number of likely N-dealkylation sites (N-methyl/N-ethyl adjacent to an activating group) is 1. The summed E-state index contributed by atoms with van der Waals surface area (Å²) in [5.74, 6) is -0.225. The third-order valence-corrected chi connectivity index (χ3v) is 4.94. The van der Waals surface area contributed by atoms with E-state index in [1.807, 2.05) is 35.2 Å². The van der Waals surface area contributed by atoms with Crippen molar-refractivity contribution in [3.63, 3.8) is 0 Å². The Hall–Kier alpha value is -2.73. The van der Waals surface area contributed by atoms with Crippen LogP contribution in [0.25, 0.3) is 0 Å². The zero-order chi connectivity index (χ0) is 19.2. The molecule has 1 aliphatic rings. The van der Waals surface area contributed by atoms with E-state index < -0.39 is 0 Å². The minimum atomic E-state index is -0.190. The number of carbonyl (C=O) groups is 2. The van der Waals surface area contributed by atoms with Gasteiger partial charge >= 0.3 is 0 Å². The maximum absolute atomic E-state index is 12.8. The Morgan fingerprint density at radius 1 is 1.07 bits per heavy atom. The van der Waals surface area contributed by atoms with E-state index in [2.05, 4.69) is 16.8 Å². The zero-order valence-corrected chi connectivity index (χ0v) is 16.0. The van der Waals surface area contributed by atoms with E-state index in [4.69, 9.17) is 0 Å². The molecule has 0 N–H and O–H groups in total. The Bertz CT molecular complexity index is 786. The van der Waals surface area contributed by atoms with Crippen LogP contribution in [0.3, 0.4) is 0 Å². The molecule has 142 valence electrons. The third-order valence-electron chi connectivity index (χ3n) is 4.94. The molecule has 1 aliphatic heterocycles. The quantitative estimate of drug-likeness (QED) is 0.813. The molecule has 0 atom stereocenters. The van der Waals surface area contributed by atoms with Gasteiger partial charge in [0.15, 0.2) is 0 Å². The van der Waals surface area contributed by atoms with Crippen molar-refractivity contribution in [1.82, 2.24) is 19.7 Å². The Morgan fingerprint density at radius 2 is 1.78 bits per heavy atom. The van der Waals surface area contributed by atoms with Crippen molar-refractivity contribution in [3.05, 3.63) is 65.5 Å². The molecule has 0 aliphatic carbocycles. The lowest BCUT2D eigenvalue weighted by Crippen LogP contribution is -2.48. The number of rotatable bonds is 5. The number of aromatic nitrogens is 1. The van der Waals surface area contributed by atoms with Gasteiger partial charge in [0.25, 0.3) is 11.8 Å². The monoisotopic (exact) mass is 366 g/mol. The highest BCUT2D eigenvalue weighted by Gasteiger charge is 2.23. The molecule has 1 fully saturated rings. The second kappa shape index (κ2) is 8.77. The normalized spacial score (nSPS) is 14.8. The van der Waals surface area contributed by atoms with Crippen LogP contribution in [0.5, 0.6) is 0 Å². The van der Waals surface area contributed by atoms with Gasteiger partial charge in [-0.1, -0.05) is 37.3 Å². The maximum Gasteiger partial charge on any atom is 0.272 e. The van der Waals surface area contributed by atoms with Gasteiger partial charge in [0.2, 0.25) is 0 Å². The number of piperazine rings is 1. The van der Waals surface area contributed by atoms with Crippen LogP contribution in [0.15, 0.2) is 48.7 Å². The predicted octanol–water partition coefficient (Wildman–Crippen LogP) is 2.13. The first kappa shape index (κ1) is 19.0. The lowest BCUT2D eigenvalue weighted by molar-refractivity contribution is 0.0643. The van der Waals surface area contributed by atoms with E-state index >= 15 is 0 Å². The van der Waals surface area contributed by atoms with Gasteiger partial charge in [-0.2, -0.15) is 0 Å². The summed E-state index contributed by atoms with van der Waals surface area (Å²) < 4.78 is 0. The summed E-state index contributed by atoms with van der Waals surface area (Å²) in [4.78, 5) is 35.5. The zero-order valence-electron chi connectivity index (χ0n) is 16.0. The van der Waals surface area contributed by atoms with E-state index in [1.54, 1.807) is 30.3 Å². The highest BCUT2D eigenvalue weighted by molar-refractivity contribution is 5.98. The Balaban J connectivity index is 1.67. The highest BCUT2D eigenvalue weighted by atomic mass is 16.2. The number of benzene rings is 1. The molecular weight excluding hydrogens is 340 g/mol. The van der Waals surface area contributed by atoms with Crippen LogP contribution >= 0.6 is 0 Å². The first-order valence-electron chi connectivity index (χ1n) is 9.35. The summed E-state index contributed by atoms with van der Waals surface area (Å²) in [5.41, 5.74) is 1.87. The number of nitrogens with zero attached hydrogens (tertiary/aromatic N) is 4. The van der Waals surface area contributed by atoms with Crippen molar-refractivity contribution in [2.24, 2.45) is 0 Å². The molecule has 0 radical (unpaired) electrons. The second-order valence-electron chi connectivity index (χ2n) is 6.80. The largest absolute Gasteiger partial charge is 0.336 e. The molecule has 1 saturated heterocycles. The summed E-state index contributed by atoms with van der Waals surface area (Å²) in [6.45, 7) is 6.84. The number of amides is 2. The van der Waals surface area contributed by atoms with E-state index in [0.717, 1.165) is 25.2 Å². The van der Waals surface area contributed by atoms with Crippen LogP contribution in [0.4, 0.5) is 0 Å². The van der Waals surface area contributed by atoms with Crippen molar-refractivity contribution >= 4 is 11.8 Å². The van der Waals surface area contributed by atoms with E-state index in [0.29, 0.717) is 30.9 Å². The molecule has 1 aromatic carbocycles. The maximum atomic E-state index is 12.8. The molecule has 2 amide bonds. The van der Waals surface area contributed by atoms with Gasteiger partial charge in [0.1, 0.15) is 5.69 Å². The van der Waals surface area contributed by atoms with Gasteiger partial charge in [0.05, 0.1) is 0 Å². The van der Waals surface area contributed by atoms with Gasteiger partial charge in [-0.05, 0) is 24.2 Å². The van der Waals surface area contributed by atoms with E-state index in [1.165, 1.54) is 0 Å². The summed E-state index contributed by atoms with van der Waals surface area (Å²) >= 11 is 0. The number of hydrogen-bond acceptors (Lipinski definition) is 4. The standard InChI is InChI=1S/C21H26N4O2/c1-3-24-11-13-25(14-12-24)20(26)18-9-10-22-19(15-18)21(27)23(2)16-17-7-5-4-6-8-17/h4-10,15H,3,11-14,16H2,1-2H3. The van der Waals surface area contributed by atoms with Gasteiger partial charge in [-0.15, -0.1) is 0 Å². The highest BCUT2D eigenvalue weighted by Crippen LogP contribution is 2.12. The molecule has 0 unspecified atom stereocenters. The topological polar surface area (TPSA) is 56.8 Å². The molecule has 0 bridgehead atoms. The van der Waals surface area contributed by atoms with Crippen molar-refractivity contribution in [1.29, 1.82) is 0 Å². The van der Waals surface area contributed by atoms with Gasteiger partial charge in [-0.3, -0.25) is 14.6 Å². The molecule has 0 spiro atoms. The SMILES string of the molecule is CCN1CCN(C(=O)c2ccnc(C(=O)N(C)Cc3ccccc3)c2)CC1. The average molecular weight is 366 g/mol. The van der Waals surface area contributed by atoms with E-state index in [-0.39, 0.29) is 11.8 Å². The van der Waals surface area contributed by atoms with Crippen molar-refractivity contribution < 1.29 is 9.59 Å². The summed E-state index contributed by atoms with van der Waals surface area (Å²) in [7, 11) is 1.75. The number of carbonyl (C=O) groups excluding carboxylic acids is 2. The molecule has 3 rings (SSSR count). The molecule has 2 aromatic rings. The van der Waals surface area contributed by atoms with Crippen molar-refractivity contribution in [3.8, 4) is 0 Å². The number of hydrogen-bond donors (Lipinski definition) is 0. The summed E-state index contributed by atoms with van der Waals surface area (Å²) in [6, 6.07) is 13.1. The Morgan fingerprint density at radius 3 is 2.44 bits per heavy atom. The lowest BCUT2D eigenvalue weighted by Gasteiger charge is -2.34. The molecule has 2 heterocycles. The average Bonchev–Trinajstić information content (AvgIpc) is 2.73. The summed E-state index contributed by atoms with van der Waals surface area (Å²) in [6.07, 6.45) is 1.54. The Kier molecular flexibility index (Phi) is 6.19. The van der Waals surface area contributed by atoms with Crippen LogP contribution in [-0.4, -0.2) is 71.3 Å². The van der Waals surface area contributed by atoms with Gasteiger partial charge in [-0.25, -0.2) is 0 Å². The molecule has 1 aromatic heterocycles. The van der Waals surface area contributed by atoms with E-state index in [9.17, 15) is 9.59 Å². The molecule has 27 heavy (non-hydrogen) atoms. The van der Waals surface area contributed by atoms with Crippen LogP contribution in [0.1, 0.15) is 33.3 Å². The molecule has 6 nitrogen and oxygen atoms in total. The fourth-order valence-electron chi connectivity index (χ4n) is 3.25. The smallest absolute Gasteiger partial charge is 0.272 e. The minimum absolute atomic E-state index is 0.0343. The van der Waals surface area contributed by atoms with Crippen molar-refractivity contribution in [2.75, 3.05) is 39.8 Å². The first-order valence-corrected chi connectivity index (χ1v) is 9.35. The van der Waals surface area contributed by atoms with Gasteiger partial charge < -0.3 is 14.7 Å². The molecule has 0 saturated carbocycles. The van der Waals surface area contributed by atoms with Crippen molar-refractivity contribution in [2.45, 2.75) is 13.5 Å². The number of pyridine rings is 1. The summed E-state index contributed by atoms with van der Waals surface area (Å²) in [5, 5.41) is 0. The second-order valence-corrected chi connectivity index (χ2v) is 6.80. The third kappa shape index (κ3) is 4.71. The first-order chi connectivity index (χ1) is 13.1. The molecular formula is C21H26N4O2. The Labute approximate surface area is 160 Å². The van der Waals surface area contributed by atoms with Crippen LogP contribution in [0, 0.1) is 0 Å². The van der Waals surface area contributed by atoms with Gasteiger partial charge in [0, 0.05) is 51.5 Å². The van der Waals surface area contributed by atoms with Crippen LogP contribution in [0.2, 0.25) is 0 Å². The fraction of sp³-hybridized carbons (Fsp3) is 0.381. The predicted molar refractivity (Wildman–Crippen MR) is 104 cm³/mol. The molecule has 6 heteroatoms. The van der Waals surface area contributed by atoms with Crippen LogP contribution < -0.4 is 0 Å².